The Morgan fingerprint density at radius 3 is 1.28 bits per heavy atom. The van der Waals surface area contributed by atoms with Crippen LogP contribution in [-0.4, -0.2) is 40.2 Å². The minimum Gasteiger partial charge on any atom is -0.481 e. The molecule has 58 heavy (non-hydrogen) atoms. The number of aromatic nitrogens is 2. The van der Waals surface area contributed by atoms with Crippen LogP contribution in [-0.2, 0) is 12.4 Å². The van der Waals surface area contributed by atoms with E-state index in [1.165, 1.54) is 48.5 Å². The van der Waals surface area contributed by atoms with Crippen molar-refractivity contribution in [3.8, 4) is 67.8 Å². The molecule has 0 atom stereocenters. The maximum atomic E-state index is 13.7. The lowest BCUT2D eigenvalue weighted by Crippen LogP contribution is -2.15. The molecule has 13 nitrogen and oxygen atoms in total. The fraction of sp³-hybridized carbons (Fsp3) is 0.103. The summed E-state index contributed by atoms with van der Waals surface area (Å²) in [6.45, 7) is 0. The van der Waals surface area contributed by atoms with Gasteiger partial charge in [0, 0.05) is 58.9 Å². The third-order valence-corrected chi connectivity index (χ3v) is 8.45. The number of hydrogen-bond donors (Lipinski definition) is 0. The van der Waals surface area contributed by atoms with Crippen molar-refractivity contribution in [2.75, 3.05) is 14.2 Å². The minimum atomic E-state index is -4.81. The fourth-order valence-electron chi connectivity index (χ4n) is 5.78. The van der Waals surface area contributed by atoms with Gasteiger partial charge in [-0.2, -0.15) is 26.3 Å². The highest BCUT2D eigenvalue weighted by Crippen LogP contribution is 2.42. The Morgan fingerprint density at radius 2 is 0.931 bits per heavy atom. The standard InChI is InChI=1S/C39H24F6N4O9/c1-55-35-31(38(40,41)42)15-25(19-46-35)21-5-3-7-23(13-21)29-17-27(48(51)52)9-11-33(29)57-37(50)58-34-12-10-28(49(53)54)18-30(34)24-8-4-6-22(14-24)26-16-32(39(43,44)45)36(56-2)47-20-26/h3-20H,1-2H3. The molecule has 2 aromatic heterocycles. The quantitative estimate of drug-likeness (QED) is 0.0425. The fourth-order valence-corrected chi connectivity index (χ4v) is 5.78. The zero-order valence-corrected chi connectivity index (χ0v) is 29.6. The largest absolute Gasteiger partial charge is 0.519 e. The minimum absolute atomic E-state index is 0.0149. The molecule has 4 aromatic carbocycles. The third-order valence-electron chi connectivity index (χ3n) is 8.45. The molecule has 0 spiro atoms. The molecule has 0 unspecified atom stereocenters. The van der Waals surface area contributed by atoms with Crippen LogP contribution >= 0.6 is 0 Å². The van der Waals surface area contributed by atoms with Gasteiger partial charge in [-0.3, -0.25) is 20.2 Å². The van der Waals surface area contributed by atoms with Crippen LogP contribution in [0.25, 0.3) is 44.5 Å². The number of halogens is 6. The second kappa shape index (κ2) is 15.9. The van der Waals surface area contributed by atoms with Crippen LogP contribution in [0.2, 0.25) is 0 Å². The number of ether oxygens (including phenoxy) is 4. The molecule has 0 aliphatic heterocycles. The monoisotopic (exact) mass is 806 g/mol. The van der Waals surface area contributed by atoms with E-state index in [9.17, 15) is 51.4 Å². The molecule has 0 amide bonds. The van der Waals surface area contributed by atoms with Gasteiger partial charge in [0.1, 0.15) is 22.6 Å². The maximum absolute atomic E-state index is 13.7. The number of nitro benzene ring substituents is 2. The van der Waals surface area contributed by atoms with Gasteiger partial charge in [-0.15, -0.1) is 0 Å². The highest BCUT2D eigenvalue weighted by molar-refractivity contribution is 5.83. The summed E-state index contributed by atoms with van der Waals surface area (Å²) in [7, 11) is 2.07. The van der Waals surface area contributed by atoms with Crippen molar-refractivity contribution in [1.29, 1.82) is 0 Å². The van der Waals surface area contributed by atoms with Gasteiger partial charge in [-0.1, -0.05) is 36.4 Å². The summed E-state index contributed by atoms with van der Waals surface area (Å²) in [5.74, 6) is -1.87. The molecule has 0 aliphatic carbocycles. The predicted octanol–water partition coefficient (Wildman–Crippen LogP) is 10.6. The van der Waals surface area contributed by atoms with Crippen LogP contribution in [0.15, 0.2) is 109 Å². The normalized spacial score (nSPS) is 11.4. The Bertz CT molecular complexity index is 2410. The molecule has 0 fully saturated rings. The summed E-state index contributed by atoms with van der Waals surface area (Å²) in [5.41, 5.74) is -2.48. The molecule has 0 aliphatic rings. The van der Waals surface area contributed by atoms with Gasteiger partial charge in [0.2, 0.25) is 11.8 Å². The lowest BCUT2D eigenvalue weighted by Gasteiger charge is -2.15. The highest BCUT2D eigenvalue weighted by atomic mass is 19.4. The van der Waals surface area contributed by atoms with Crippen LogP contribution in [0.3, 0.4) is 0 Å². The maximum Gasteiger partial charge on any atom is 0.519 e. The molecule has 0 saturated heterocycles. The SMILES string of the molecule is COc1ncc(-c2cccc(-c3cc([N+](=O)[O-])ccc3OC(=O)Oc3ccc([N+](=O)[O-])cc3-c3cccc(-c4cnc(OC)c(C(F)(F)F)c4)c3)c2)cc1C(F)(F)F. The van der Waals surface area contributed by atoms with Gasteiger partial charge in [-0.25, -0.2) is 14.8 Å². The predicted molar refractivity (Wildman–Crippen MR) is 193 cm³/mol. The number of methoxy groups -OCH3 is 2. The van der Waals surface area contributed by atoms with E-state index in [4.69, 9.17) is 18.9 Å². The lowest BCUT2D eigenvalue weighted by atomic mass is 9.98. The lowest BCUT2D eigenvalue weighted by molar-refractivity contribution is -0.385. The van der Waals surface area contributed by atoms with Crippen molar-refractivity contribution in [1.82, 2.24) is 9.97 Å². The first-order chi connectivity index (χ1) is 27.5. The van der Waals surface area contributed by atoms with Crippen molar-refractivity contribution < 1.29 is 59.9 Å². The van der Waals surface area contributed by atoms with Crippen LogP contribution < -0.4 is 18.9 Å². The van der Waals surface area contributed by atoms with Gasteiger partial charge < -0.3 is 18.9 Å². The number of alkyl halides is 6. The van der Waals surface area contributed by atoms with Crippen molar-refractivity contribution in [2.45, 2.75) is 12.4 Å². The number of carbonyl (C=O) groups is 1. The average molecular weight is 807 g/mol. The van der Waals surface area contributed by atoms with Gasteiger partial charge in [0.15, 0.2) is 0 Å². The molecule has 0 N–H and O–H groups in total. The molecule has 0 bridgehead atoms. The number of nitrogens with zero attached hydrogens (tertiary/aromatic N) is 4. The van der Waals surface area contributed by atoms with Crippen molar-refractivity contribution in [3.05, 3.63) is 141 Å². The molecule has 296 valence electrons. The van der Waals surface area contributed by atoms with Crippen molar-refractivity contribution >= 4 is 17.5 Å². The van der Waals surface area contributed by atoms with Gasteiger partial charge in [-0.05, 0) is 58.7 Å². The van der Waals surface area contributed by atoms with E-state index >= 15 is 0 Å². The van der Waals surface area contributed by atoms with Gasteiger partial charge >= 0.3 is 18.5 Å². The number of hydrogen-bond acceptors (Lipinski definition) is 11. The second-order valence-corrected chi connectivity index (χ2v) is 12.0. The van der Waals surface area contributed by atoms with E-state index < -0.39 is 62.6 Å². The summed E-state index contributed by atoms with van der Waals surface area (Å²) < 4.78 is 103. The molecule has 0 radical (unpaired) electrons. The number of rotatable bonds is 10. The molecule has 19 heteroatoms. The Morgan fingerprint density at radius 1 is 0.552 bits per heavy atom. The summed E-state index contributed by atoms with van der Waals surface area (Å²) in [5, 5.41) is 23.5. The van der Waals surface area contributed by atoms with Crippen LogP contribution in [0, 0.1) is 20.2 Å². The Hall–Kier alpha value is -7.57. The van der Waals surface area contributed by atoms with E-state index in [1.54, 1.807) is 0 Å². The summed E-state index contributed by atoms with van der Waals surface area (Å²) in [6, 6.07) is 19.5. The van der Waals surface area contributed by atoms with E-state index in [1.807, 2.05) is 0 Å². The van der Waals surface area contributed by atoms with Gasteiger partial charge in [0.25, 0.3) is 11.4 Å². The van der Waals surface area contributed by atoms with E-state index in [0.29, 0.717) is 0 Å². The average Bonchev–Trinajstić information content (AvgIpc) is 3.19. The van der Waals surface area contributed by atoms with E-state index in [-0.39, 0.29) is 56.0 Å². The molecular formula is C39H24F6N4O9. The first kappa shape index (κ1) is 40.1. The smallest absolute Gasteiger partial charge is 0.481 e. The summed E-state index contributed by atoms with van der Waals surface area (Å²) in [4.78, 5) is 42.9. The van der Waals surface area contributed by atoms with Crippen molar-refractivity contribution in [2.24, 2.45) is 0 Å². The van der Waals surface area contributed by atoms with Crippen LogP contribution in [0.1, 0.15) is 11.1 Å². The number of nitro groups is 2. The Balaban J connectivity index is 1.35. The van der Waals surface area contributed by atoms with Crippen LogP contribution in [0.5, 0.6) is 23.3 Å². The molecule has 2 heterocycles. The second-order valence-electron chi connectivity index (χ2n) is 12.0. The van der Waals surface area contributed by atoms with Gasteiger partial charge in [0.05, 0.1) is 24.1 Å². The van der Waals surface area contributed by atoms with E-state index in [2.05, 4.69) is 9.97 Å². The summed E-state index contributed by atoms with van der Waals surface area (Å²) in [6.07, 6.45) is -8.76. The first-order valence-corrected chi connectivity index (χ1v) is 16.4. The van der Waals surface area contributed by atoms with E-state index in [0.717, 1.165) is 75.1 Å². The number of non-ortho nitro benzene ring substituents is 2. The molecule has 6 aromatic rings. The Kier molecular flexibility index (Phi) is 11.0. The number of carbonyl (C=O) groups excluding carboxylic acids is 1. The third kappa shape index (κ3) is 8.62. The zero-order valence-electron chi connectivity index (χ0n) is 29.6. The zero-order chi connectivity index (χ0) is 41.9. The highest BCUT2D eigenvalue weighted by Gasteiger charge is 2.37. The van der Waals surface area contributed by atoms with Crippen LogP contribution in [0.4, 0.5) is 42.5 Å². The number of benzene rings is 4. The topological polar surface area (TPSA) is 166 Å². The number of pyridine rings is 2. The molecule has 6 rings (SSSR count). The van der Waals surface area contributed by atoms with Crippen molar-refractivity contribution in [3.63, 3.8) is 0 Å². The molecule has 0 saturated carbocycles. The Labute approximate surface area is 322 Å². The first-order valence-electron chi connectivity index (χ1n) is 16.4. The molecular weight excluding hydrogens is 782 g/mol. The summed E-state index contributed by atoms with van der Waals surface area (Å²) >= 11 is 0.